The molecule has 0 radical (unpaired) electrons. The van der Waals surface area contributed by atoms with Crippen molar-refractivity contribution in [1.82, 2.24) is 0 Å². The van der Waals surface area contributed by atoms with Gasteiger partial charge in [-0.3, -0.25) is 4.79 Å². The molecule has 1 heterocycles. The highest BCUT2D eigenvalue weighted by Gasteiger charge is 2.15. The van der Waals surface area contributed by atoms with Gasteiger partial charge in [-0.15, -0.1) is 0 Å². The molecule has 1 aliphatic rings. The fraction of sp³-hybridized carbons (Fsp3) is 0.316. The lowest BCUT2D eigenvalue weighted by Crippen LogP contribution is -2.19. The second-order valence-corrected chi connectivity index (χ2v) is 5.88. The van der Waals surface area contributed by atoms with Gasteiger partial charge in [-0.1, -0.05) is 0 Å². The van der Waals surface area contributed by atoms with Crippen LogP contribution in [0.1, 0.15) is 30.1 Å². The number of nitrogen functional groups attached to an aromatic ring is 1. The monoisotopic (exact) mass is 325 g/mol. The molecule has 1 saturated heterocycles. The first-order valence-corrected chi connectivity index (χ1v) is 8.36. The number of carbonyl (C=O) groups excluding carboxylic acids is 1. The molecule has 0 bridgehead atoms. The molecule has 3 N–H and O–H groups in total. The first-order chi connectivity index (χ1) is 11.7. The summed E-state index contributed by atoms with van der Waals surface area (Å²) in [4.78, 5) is 14.6. The molecule has 1 amide bonds. The van der Waals surface area contributed by atoms with E-state index in [2.05, 4.69) is 10.2 Å². The molecule has 0 unspecified atom stereocenters. The highest BCUT2D eigenvalue weighted by atomic mass is 16.5. The number of benzene rings is 2. The van der Waals surface area contributed by atoms with Crippen molar-refractivity contribution in [3.05, 3.63) is 48.0 Å². The standard InChI is InChI=1S/C19H23N3O2/c1-2-24-16-8-5-14(6-9-16)19(23)21-15-7-10-18(17(20)13-15)22-11-3-4-12-22/h5-10,13H,2-4,11-12,20H2,1H3,(H,21,23). The maximum absolute atomic E-state index is 12.3. The van der Waals surface area contributed by atoms with Crippen LogP contribution in [-0.4, -0.2) is 25.6 Å². The van der Waals surface area contributed by atoms with Crippen molar-refractivity contribution in [2.24, 2.45) is 0 Å². The number of anilines is 3. The largest absolute Gasteiger partial charge is 0.494 e. The van der Waals surface area contributed by atoms with Crippen molar-refractivity contribution < 1.29 is 9.53 Å². The minimum absolute atomic E-state index is 0.161. The Bertz CT molecular complexity index is 707. The third kappa shape index (κ3) is 3.62. The molecule has 1 fully saturated rings. The number of carbonyl (C=O) groups is 1. The van der Waals surface area contributed by atoms with Crippen LogP contribution in [0.2, 0.25) is 0 Å². The van der Waals surface area contributed by atoms with E-state index in [4.69, 9.17) is 10.5 Å². The van der Waals surface area contributed by atoms with Crippen LogP contribution in [0, 0.1) is 0 Å². The highest BCUT2D eigenvalue weighted by Crippen LogP contribution is 2.29. The van der Waals surface area contributed by atoms with Crippen LogP contribution in [0.15, 0.2) is 42.5 Å². The summed E-state index contributed by atoms with van der Waals surface area (Å²) in [5.41, 5.74) is 9.19. The quantitative estimate of drug-likeness (QED) is 0.825. The van der Waals surface area contributed by atoms with Crippen LogP contribution >= 0.6 is 0 Å². The van der Waals surface area contributed by atoms with Crippen molar-refractivity contribution in [2.45, 2.75) is 19.8 Å². The summed E-state index contributed by atoms with van der Waals surface area (Å²) in [6.45, 7) is 4.62. The van der Waals surface area contributed by atoms with Crippen molar-refractivity contribution in [3.63, 3.8) is 0 Å². The van der Waals surface area contributed by atoms with E-state index >= 15 is 0 Å². The number of rotatable bonds is 5. The third-order valence-corrected chi connectivity index (χ3v) is 4.16. The normalized spacial score (nSPS) is 13.8. The maximum atomic E-state index is 12.3. The van der Waals surface area contributed by atoms with Crippen molar-refractivity contribution in [1.29, 1.82) is 0 Å². The second-order valence-electron chi connectivity index (χ2n) is 5.88. The van der Waals surface area contributed by atoms with Crippen LogP contribution in [-0.2, 0) is 0 Å². The van der Waals surface area contributed by atoms with Gasteiger partial charge in [-0.2, -0.15) is 0 Å². The van der Waals surface area contributed by atoms with E-state index in [-0.39, 0.29) is 5.91 Å². The molecule has 3 rings (SSSR count). The molecule has 2 aromatic rings. The lowest BCUT2D eigenvalue weighted by atomic mass is 10.2. The van der Waals surface area contributed by atoms with Gasteiger partial charge in [0.1, 0.15) is 5.75 Å². The summed E-state index contributed by atoms with van der Waals surface area (Å²) in [6, 6.07) is 12.8. The number of nitrogens with two attached hydrogens (primary N) is 1. The van der Waals surface area contributed by atoms with Crippen LogP contribution < -0.4 is 20.7 Å². The smallest absolute Gasteiger partial charge is 0.255 e. The number of hydrogen-bond acceptors (Lipinski definition) is 4. The van der Waals surface area contributed by atoms with E-state index in [0.717, 1.165) is 24.5 Å². The minimum Gasteiger partial charge on any atom is -0.494 e. The Morgan fingerprint density at radius 3 is 2.50 bits per heavy atom. The minimum atomic E-state index is -0.161. The zero-order chi connectivity index (χ0) is 16.9. The Kier molecular flexibility index (Phi) is 4.89. The third-order valence-electron chi connectivity index (χ3n) is 4.16. The van der Waals surface area contributed by atoms with E-state index in [0.29, 0.717) is 23.5 Å². The van der Waals surface area contributed by atoms with E-state index in [9.17, 15) is 4.79 Å². The molecule has 5 heteroatoms. The predicted octanol–water partition coefficient (Wildman–Crippen LogP) is 3.52. The average Bonchev–Trinajstić information content (AvgIpc) is 3.10. The lowest BCUT2D eigenvalue weighted by Gasteiger charge is -2.20. The number of amides is 1. The summed E-state index contributed by atoms with van der Waals surface area (Å²) in [6.07, 6.45) is 2.41. The molecule has 24 heavy (non-hydrogen) atoms. The summed E-state index contributed by atoms with van der Waals surface area (Å²) >= 11 is 0. The maximum Gasteiger partial charge on any atom is 0.255 e. The van der Waals surface area contributed by atoms with Gasteiger partial charge in [0, 0.05) is 24.3 Å². The Morgan fingerprint density at radius 1 is 1.17 bits per heavy atom. The van der Waals surface area contributed by atoms with Gasteiger partial charge in [-0.25, -0.2) is 0 Å². The topological polar surface area (TPSA) is 67.6 Å². The van der Waals surface area contributed by atoms with Gasteiger partial charge in [0.25, 0.3) is 5.91 Å². The Balaban J connectivity index is 1.68. The predicted molar refractivity (Wildman–Crippen MR) is 97.9 cm³/mol. The lowest BCUT2D eigenvalue weighted by molar-refractivity contribution is 0.102. The summed E-state index contributed by atoms with van der Waals surface area (Å²) in [5, 5.41) is 2.89. The molecule has 0 atom stereocenters. The number of ether oxygens (including phenoxy) is 1. The zero-order valence-electron chi connectivity index (χ0n) is 13.9. The molecular formula is C19H23N3O2. The molecule has 5 nitrogen and oxygen atoms in total. The van der Waals surface area contributed by atoms with E-state index < -0.39 is 0 Å². The fourth-order valence-electron chi connectivity index (χ4n) is 2.95. The molecule has 0 saturated carbocycles. The molecule has 1 aliphatic heterocycles. The summed E-state index contributed by atoms with van der Waals surface area (Å²) in [7, 11) is 0. The van der Waals surface area contributed by atoms with Crippen LogP contribution in [0.5, 0.6) is 5.75 Å². The van der Waals surface area contributed by atoms with E-state index in [1.165, 1.54) is 12.8 Å². The van der Waals surface area contributed by atoms with Gasteiger partial charge >= 0.3 is 0 Å². The van der Waals surface area contributed by atoms with Gasteiger partial charge < -0.3 is 20.7 Å². The molecule has 0 spiro atoms. The van der Waals surface area contributed by atoms with Crippen molar-refractivity contribution in [3.8, 4) is 5.75 Å². The van der Waals surface area contributed by atoms with Gasteiger partial charge in [0.05, 0.1) is 18.0 Å². The fourth-order valence-corrected chi connectivity index (χ4v) is 2.95. The van der Waals surface area contributed by atoms with Crippen molar-refractivity contribution >= 4 is 23.0 Å². The highest BCUT2D eigenvalue weighted by molar-refractivity contribution is 6.04. The number of nitrogens with one attached hydrogen (secondary N) is 1. The SMILES string of the molecule is CCOc1ccc(C(=O)Nc2ccc(N3CCCC3)c(N)c2)cc1. The van der Waals surface area contributed by atoms with Crippen LogP contribution in [0.25, 0.3) is 0 Å². The van der Waals surface area contributed by atoms with E-state index in [1.807, 2.05) is 25.1 Å². The van der Waals surface area contributed by atoms with E-state index in [1.54, 1.807) is 24.3 Å². The zero-order valence-corrected chi connectivity index (χ0v) is 13.9. The van der Waals surface area contributed by atoms with Gasteiger partial charge in [-0.05, 0) is 62.2 Å². The van der Waals surface area contributed by atoms with Crippen LogP contribution in [0.3, 0.4) is 0 Å². The molecular weight excluding hydrogens is 302 g/mol. The number of hydrogen-bond donors (Lipinski definition) is 2. The summed E-state index contributed by atoms with van der Waals surface area (Å²) in [5.74, 6) is 0.597. The van der Waals surface area contributed by atoms with Crippen LogP contribution in [0.4, 0.5) is 17.1 Å². The molecule has 126 valence electrons. The number of nitrogens with zero attached hydrogens (tertiary/aromatic N) is 1. The van der Waals surface area contributed by atoms with Crippen molar-refractivity contribution in [2.75, 3.05) is 35.6 Å². The Morgan fingerprint density at radius 2 is 1.88 bits per heavy atom. The first kappa shape index (κ1) is 16.2. The average molecular weight is 325 g/mol. The Hall–Kier alpha value is -2.69. The second kappa shape index (κ2) is 7.25. The van der Waals surface area contributed by atoms with Gasteiger partial charge in [0.2, 0.25) is 0 Å². The molecule has 0 aromatic heterocycles. The molecule has 2 aromatic carbocycles. The summed E-state index contributed by atoms with van der Waals surface area (Å²) < 4.78 is 5.38. The molecule has 0 aliphatic carbocycles. The first-order valence-electron chi connectivity index (χ1n) is 8.36. The van der Waals surface area contributed by atoms with Gasteiger partial charge in [0.15, 0.2) is 0 Å². The Labute approximate surface area is 142 Å².